The number of rotatable bonds is 8. The van der Waals surface area contributed by atoms with Crippen molar-refractivity contribution < 1.29 is 9.47 Å². The number of hydrogen-bond acceptors (Lipinski definition) is 2. The Morgan fingerprint density at radius 1 is 0.361 bits per heavy atom. The number of benzene rings is 5. The second-order valence-corrected chi connectivity index (χ2v) is 8.49. The second kappa shape index (κ2) is 11.0. The van der Waals surface area contributed by atoms with Crippen LogP contribution in [0.15, 0.2) is 121 Å². The van der Waals surface area contributed by atoms with Crippen LogP contribution in [0.1, 0.15) is 13.8 Å². The summed E-state index contributed by atoms with van der Waals surface area (Å²) in [7, 11) is 0. The molecule has 0 aliphatic heterocycles. The molecule has 0 bridgehead atoms. The zero-order valence-corrected chi connectivity index (χ0v) is 20.8. The third kappa shape index (κ3) is 4.50. The summed E-state index contributed by atoms with van der Waals surface area (Å²) in [6, 6.07) is 42.2. The molecule has 0 aliphatic carbocycles. The van der Waals surface area contributed by atoms with Crippen molar-refractivity contribution in [1.82, 2.24) is 0 Å². The molecule has 0 amide bonds. The van der Waals surface area contributed by atoms with E-state index in [1.54, 1.807) is 0 Å². The van der Waals surface area contributed by atoms with E-state index >= 15 is 0 Å². The Morgan fingerprint density at radius 3 is 0.861 bits per heavy atom. The van der Waals surface area contributed by atoms with Gasteiger partial charge in [-0.3, -0.25) is 0 Å². The lowest BCUT2D eigenvalue weighted by atomic mass is 9.81. The van der Waals surface area contributed by atoms with Gasteiger partial charge in [0.2, 0.25) is 0 Å². The highest BCUT2D eigenvalue weighted by Gasteiger charge is 2.29. The van der Waals surface area contributed by atoms with Gasteiger partial charge >= 0.3 is 0 Å². The maximum atomic E-state index is 6.47. The molecule has 0 radical (unpaired) electrons. The quantitative estimate of drug-likeness (QED) is 0.225. The molecule has 0 N–H and O–H groups in total. The molecule has 0 unspecified atom stereocenters. The first-order valence-electron chi connectivity index (χ1n) is 12.5. The van der Waals surface area contributed by atoms with Crippen molar-refractivity contribution in [2.45, 2.75) is 13.8 Å². The average Bonchev–Trinajstić information content (AvgIpc) is 2.95. The van der Waals surface area contributed by atoms with E-state index in [4.69, 9.17) is 9.47 Å². The van der Waals surface area contributed by atoms with E-state index in [2.05, 4.69) is 109 Å². The van der Waals surface area contributed by atoms with E-state index < -0.39 is 0 Å². The first kappa shape index (κ1) is 23.4. The Bertz CT molecular complexity index is 1300. The van der Waals surface area contributed by atoms with Crippen LogP contribution in [-0.2, 0) is 0 Å². The molecule has 0 fully saturated rings. The van der Waals surface area contributed by atoms with Gasteiger partial charge in [0, 0.05) is 22.3 Å². The molecule has 5 aromatic carbocycles. The van der Waals surface area contributed by atoms with Crippen molar-refractivity contribution in [1.29, 1.82) is 0 Å². The van der Waals surface area contributed by atoms with Crippen LogP contribution >= 0.6 is 0 Å². The summed E-state index contributed by atoms with van der Waals surface area (Å²) in [6.45, 7) is 5.13. The Balaban J connectivity index is 2.05. The van der Waals surface area contributed by atoms with E-state index in [0.717, 1.165) is 56.0 Å². The molecule has 0 saturated heterocycles. The molecule has 5 aromatic rings. The van der Waals surface area contributed by atoms with Gasteiger partial charge in [0.15, 0.2) is 11.5 Å². The van der Waals surface area contributed by atoms with Gasteiger partial charge < -0.3 is 9.47 Å². The van der Waals surface area contributed by atoms with Crippen LogP contribution < -0.4 is 9.47 Å². The second-order valence-electron chi connectivity index (χ2n) is 8.49. The minimum Gasteiger partial charge on any atom is -0.489 e. The van der Waals surface area contributed by atoms with Crippen molar-refractivity contribution in [3.8, 4) is 56.0 Å². The van der Waals surface area contributed by atoms with Crippen LogP contribution in [0, 0.1) is 0 Å². The Morgan fingerprint density at radius 2 is 0.611 bits per heavy atom. The van der Waals surface area contributed by atoms with Gasteiger partial charge in [0.25, 0.3) is 0 Å². The van der Waals surface area contributed by atoms with Gasteiger partial charge in [0.05, 0.1) is 13.2 Å². The van der Waals surface area contributed by atoms with E-state index in [0.29, 0.717) is 13.2 Å². The summed E-state index contributed by atoms with van der Waals surface area (Å²) in [5, 5.41) is 0. The molecule has 0 heterocycles. The molecule has 178 valence electrons. The molecule has 0 aromatic heterocycles. The maximum Gasteiger partial charge on any atom is 0.170 e. The monoisotopic (exact) mass is 470 g/mol. The first-order valence-corrected chi connectivity index (χ1v) is 12.5. The fraction of sp³-hybridized carbons (Fsp3) is 0.118. The third-order valence-electron chi connectivity index (χ3n) is 6.24. The zero-order chi connectivity index (χ0) is 24.7. The highest BCUT2D eigenvalue weighted by atomic mass is 16.5. The lowest BCUT2D eigenvalue weighted by molar-refractivity contribution is 0.290. The summed E-state index contributed by atoms with van der Waals surface area (Å²) in [5.74, 6) is 1.56. The molecular formula is C34H30O2. The lowest BCUT2D eigenvalue weighted by Crippen LogP contribution is -2.06. The highest BCUT2D eigenvalue weighted by molar-refractivity contribution is 6.07. The van der Waals surface area contributed by atoms with Crippen molar-refractivity contribution in [3.05, 3.63) is 121 Å². The Kier molecular flexibility index (Phi) is 7.14. The predicted octanol–water partition coefficient (Wildman–Crippen LogP) is 9.15. The fourth-order valence-electron chi connectivity index (χ4n) is 4.82. The van der Waals surface area contributed by atoms with Crippen molar-refractivity contribution in [2.75, 3.05) is 13.2 Å². The molecule has 2 nitrogen and oxygen atoms in total. The van der Waals surface area contributed by atoms with Gasteiger partial charge in [-0.1, -0.05) is 121 Å². The van der Waals surface area contributed by atoms with E-state index in [1.807, 2.05) is 26.0 Å². The number of ether oxygens (including phenoxy) is 2. The standard InChI is InChI=1S/C34H30O2/c1-3-35-33-31(27-21-13-7-14-22-27)29(25-17-9-5-10-18-25)30(26-19-11-6-12-20-26)32(34(33)36-4-2)28-23-15-8-16-24-28/h5-24H,3-4H2,1-2H3. The molecule has 0 aliphatic rings. The minimum absolute atomic E-state index is 0.535. The summed E-state index contributed by atoms with van der Waals surface area (Å²) < 4.78 is 12.9. The largest absolute Gasteiger partial charge is 0.489 e. The van der Waals surface area contributed by atoms with Crippen molar-refractivity contribution in [3.63, 3.8) is 0 Å². The van der Waals surface area contributed by atoms with Crippen LogP contribution in [-0.4, -0.2) is 13.2 Å². The molecular weight excluding hydrogens is 440 g/mol. The summed E-state index contributed by atoms with van der Waals surface area (Å²) in [5.41, 5.74) is 8.83. The average molecular weight is 471 g/mol. The van der Waals surface area contributed by atoms with Gasteiger partial charge in [-0.25, -0.2) is 0 Å². The summed E-state index contributed by atoms with van der Waals surface area (Å²) >= 11 is 0. The number of hydrogen-bond donors (Lipinski definition) is 0. The van der Waals surface area contributed by atoms with Gasteiger partial charge in [-0.2, -0.15) is 0 Å². The van der Waals surface area contributed by atoms with Crippen molar-refractivity contribution >= 4 is 0 Å². The topological polar surface area (TPSA) is 18.5 Å². The SMILES string of the molecule is CCOc1c(OCC)c(-c2ccccc2)c(-c2ccccc2)c(-c2ccccc2)c1-c1ccccc1. The normalized spacial score (nSPS) is 10.7. The minimum atomic E-state index is 0.535. The van der Waals surface area contributed by atoms with Crippen LogP contribution in [0.2, 0.25) is 0 Å². The lowest BCUT2D eigenvalue weighted by Gasteiger charge is -2.27. The summed E-state index contributed by atoms with van der Waals surface area (Å²) in [4.78, 5) is 0. The molecule has 2 heteroatoms. The Hall–Kier alpha value is -4.30. The highest BCUT2D eigenvalue weighted by Crippen LogP contribution is 2.56. The van der Waals surface area contributed by atoms with Gasteiger partial charge in [-0.15, -0.1) is 0 Å². The third-order valence-corrected chi connectivity index (χ3v) is 6.24. The van der Waals surface area contributed by atoms with E-state index in [9.17, 15) is 0 Å². The Labute approximate surface area is 213 Å². The molecule has 36 heavy (non-hydrogen) atoms. The smallest absolute Gasteiger partial charge is 0.170 e. The van der Waals surface area contributed by atoms with Gasteiger partial charge in [0.1, 0.15) is 0 Å². The fourth-order valence-corrected chi connectivity index (χ4v) is 4.82. The predicted molar refractivity (Wildman–Crippen MR) is 151 cm³/mol. The van der Waals surface area contributed by atoms with Crippen LogP contribution in [0.4, 0.5) is 0 Å². The van der Waals surface area contributed by atoms with Crippen molar-refractivity contribution in [2.24, 2.45) is 0 Å². The maximum absolute atomic E-state index is 6.47. The molecule has 0 atom stereocenters. The molecule has 0 saturated carbocycles. The van der Waals surface area contributed by atoms with Gasteiger partial charge in [-0.05, 0) is 36.1 Å². The van der Waals surface area contributed by atoms with E-state index in [1.165, 1.54) is 0 Å². The van der Waals surface area contributed by atoms with Crippen LogP contribution in [0.25, 0.3) is 44.5 Å². The first-order chi connectivity index (χ1) is 17.8. The molecule has 5 rings (SSSR count). The van der Waals surface area contributed by atoms with Crippen LogP contribution in [0.3, 0.4) is 0 Å². The molecule has 0 spiro atoms. The van der Waals surface area contributed by atoms with E-state index in [-0.39, 0.29) is 0 Å². The summed E-state index contributed by atoms with van der Waals surface area (Å²) in [6.07, 6.45) is 0. The van der Waals surface area contributed by atoms with Crippen LogP contribution in [0.5, 0.6) is 11.5 Å². The zero-order valence-electron chi connectivity index (χ0n) is 20.8.